The molecule has 0 aromatic heterocycles. The van der Waals surface area contributed by atoms with Gasteiger partial charge in [-0.25, -0.2) is 4.79 Å². The highest BCUT2D eigenvalue weighted by atomic mass is 16.6. The predicted molar refractivity (Wildman–Crippen MR) is 65.8 cm³/mol. The van der Waals surface area contributed by atoms with Crippen molar-refractivity contribution in [2.75, 3.05) is 0 Å². The molecule has 0 aliphatic carbocycles. The van der Waals surface area contributed by atoms with Gasteiger partial charge in [-0.05, 0) is 20.8 Å². The summed E-state index contributed by atoms with van der Waals surface area (Å²) in [5.41, 5.74) is -0.386. The Balaban J connectivity index is 2.88. The lowest BCUT2D eigenvalue weighted by Gasteiger charge is -2.23. The molecule has 17 heavy (non-hydrogen) atoms. The van der Waals surface area contributed by atoms with Crippen LogP contribution in [0.3, 0.4) is 0 Å². The van der Waals surface area contributed by atoms with Crippen LogP contribution in [-0.2, 0) is 9.53 Å². The molecule has 0 aliphatic rings. The third kappa shape index (κ3) is 3.28. The molecule has 1 rings (SSSR count). The zero-order valence-electron chi connectivity index (χ0n) is 10.3. The molecule has 3 heteroatoms. The van der Waals surface area contributed by atoms with Crippen LogP contribution in [0.5, 0.6) is 0 Å². The van der Waals surface area contributed by atoms with Crippen LogP contribution >= 0.6 is 0 Å². The Morgan fingerprint density at radius 2 is 1.71 bits per heavy atom. The molecule has 0 bridgehead atoms. The van der Waals surface area contributed by atoms with Crippen molar-refractivity contribution in [1.82, 2.24) is 0 Å². The fourth-order valence-corrected chi connectivity index (χ4v) is 1.30. The zero-order chi connectivity index (χ0) is 13.1. The van der Waals surface area contributed by atoms with Gasteiger partial charge in [0.25, 0.3) is 0 Å². The highest BCUT2D eigenvalue weighted by molar-refractivity contribution is 6.03. The average molecular weight is 232 g/mol. The van der Waals surface area contributed by atoms with Crippen molar-refractivity contribution in [1.29, 1.82) is 0 Å². The third-order valence-corrected chi connectivity index (χ3v) is 2.28. The molecule has 0 atom stereocenters. The molecule has 0 radical (unpaired) electrons. The molecule has 0 amide bonds. The molecule has 1 aromatic rings. The van der Waals surface area contributed by atoms with Gasteiger partial charge in [-0.2, -0.15) is 0 Å². The van der Waals surface area contributed by atoms with Crippen LogP contribution in [0.2, 0.25) is 0 Å². The number of carbonyl (C=O) groups excluding carboxylic acids is 2. The van der Waals surface area contributed by atoms with Gasteiger partial charge in [0.1, 0.15) is 0 Å². The minimum absolute atomic E-state index is 0.229. The first-order valence-electron chi connectivity index (χ1n) is 5.33. The minimum atomic E-state index is -1.18. The van der Waals surface area contributed by atoms with Crippen molar-refractivity contribution in [3.63, 3.8) is 0 Å². The van der Waals surface area contributed by atoms with E-state index in [9.17, 15) is 9.59 Å². The quantitative estimate of drug-likeness (QED) is 0.455. The topological polar surface area (TPSA) is 43.4 Å². The van der Waals surface area contributed by atoms with Crippen molar-refractivity contribution in [3.05, 3.63) is 48.0 Å². The van der Waals surface area contributed by atoms with E-state index in [0.29, 0.717) is 5.56 Å². The van der Waals surface area contributed by atoms with Crippen LogP contribution in [-0.4, -0.2) is 17.4 Å². The number of hydrogen-bond acceptors (Lipinski definition) is 3. The Bertz CT molecular complexity index is 444. The third-order valence-electron chi connectivity index (χ3n) is 2.28. The van der Waals surface area contributed by atoms with Crippen LogP contribution < -0.4 is 0 Å². The maximum absolute atomic E-state index is 12.1. The van der Waals surface area contributed by atoms with Crippen LogP contribution in [0.25, 0.3) is 0 Å². The summed E-state index contributed by atoms with van der Waals surface area (Å²) in [7, 11) is 0. The Kier molecular flexibility index (Phi) is 3.84. The maximum atomic E-state index is 12.1. The van der Waals surface area contributed by atoms with E-state index in [0.717, 1.165) is 0 Å². The Morgan fingerprint density at radius 3 is 2.18 bits per heavy atom. The molecular weight excluding hydrogens is 216 g/mol. The molecule has 0 fully saturated rings. The first kappa shape index (κ1) is 13.2. The molecule has 90 valence electrons. The second-order valence-electron chi connectivity index (χ2n) is 4.38. The smallest absolute Gasteiger partial charge is 0.334 e. The number of carbonyl (C=O) groups is 2. The van der Waals surface area contributed by atoms with Crippen molar-refractivity contribution in [3.8, 4) is 0 Å². The number of ketones is 1. The Morgan fingerprint density at radius 1 is 1.18 bits per heavy atom. The van der Waals surface area contributed by atoms with Gasteiger partial charge in [-0.3, -0.25) is 4.79 Å². The Labute approximate surface area is 101 Å². The zero-order valence-corrected chi connectivity index (χ0v) is 10.3. The number of esters is 1. The first-order valence-corrected chi connectivity index (χ1v) is 5.33. The monoisotopic (exact) mass is 232 g/mol. The molecule has 3 nitrogen and oxygen atoms in total. The molecule has 0 N–H and O–H groups in total. The van der Waals surface area contributed by atoms with E-state index in [1.54, 1.807) is 45.0 Å². The van der Waals surface area contributed by atoms with Gasteiger partial charge in [0.15, 0.2) is 5.60 Å². The molecule has 0 aliphatic heterocycles. The summed E-state index contributed by atoms with van der Waals surface area (Å²) in [4.78, 5) is 23.5. The molecule has 1 aromatic carbocycles. The van der Waals surface area contributed by atoms with Gasteiger partial charge >= 0.3 is 5.97 Å². The van der Waals surface area contributed by atoms with Crippen molar-refractivity contribution in [2.45, 2.75) is 26.4 Å². The first-order chi connectivity index (χ1) is 7.84. The number of hydrogen-bond donors (Lipinski definition) is 0. The fraction of sp³-hybridized carbons (Fsp3) is 0.286. The average Bonchev–Trinajstić information content (AvgIpc) is 2.28. The van der Waals surface area contributed by atoms with E-state index in [1.807, 2.05) is 6.07 Å². The van der Waals surface area contributed by atoms with E-state index in [2.05, 4.69) is 6.58 Å². The second kappa shape index (κ2) is 4.95. The normalized spacial score (nSPS) is 10.8. The van der Waals surface area contributed by atoms with Gasteiger partial charge in [0, 0.05) is 11.1 Å². The summed E-state index contributed by atoms with van der Waals surface area (Å²) in [6, 6.07) is 8.74. The molecule has 0 heterocycles. The van der Waals surface area contributed by atoms with Gasteiger partial charge in [0.2, 0.25) is 5.78 Å². The van der Waals surface area contributed by atoms with Gasteiger partial charge in [-0.1, -0.05) is 36.9 Å². The Hall–Kier alpha value is -1.90. The van der Waals surface area contributed by atoms with Crippen LogP contribution in [0.1, 0.15) is 31.1 Å². The van der Waals surface area contributed by atoms with Crippen LogP contribution in [0.15, 0.2) is 42.5 Å². The predicted octanol–water partition coefficient (Wildman–Crippen LogP) is 2.77. The summed E-state index contributed by atoms with van der Waals surface area (Å²) >= 11 is 0. The summed E-state index contributed by atoms with van der Waals surface area (Å²) < 4.78 is 5.13. The number of benzene rings is 1. The lowest BCUT2D eigenvalue weighted by atomic mass is 9.96. The fourth-order valence-electron chi connectivity index (χ4n) is 1.30. The van der Waals surface area contributed by atoms with Gasteiger partial charge in [-0.15, -0.1) is 0 Å². The highest BCUT2D eigenvalue weighted by Crippen LogP contribution is 2.18. The lowest BCUT2D eigenvalue weighted by Crippen LogP contribution is -2.37. The van der Waals surface area contributed by atoms with Crippen LogP contribution in [0.4, 0.5) is 0 Å². The summed E-state index contributed by atoms with van der Waals surface area (Å²) in [5.74, 6) is -0.785. The van der Waals surface area contributed by atoms with Crippen molar-refractivity contribution < 1.29 is 14.3 Å². The summed E-state index contributed by atoms with van der Waals surface area (Å²) in [5, 5.41) is 0. The van der Waals surface area contributed by atoms with Crippen LogP contribution in [0, 0.1) is 0 Å². The van der Waals surface area contributed by atoms with Gasteiger partial charge < -0.3 is 4.74 Å². The molecule has 0 saturated heterocycles. The molecule has 0 spiro atoms. The largest absolute Gasteiger partial charge is 0.448 e. The molecular formula is C14H16O3. The maximum Gasteiger partial charge on any atom is 0.334 e. The SMILES string of the molecule is C=C(C)C(=O)OC(C)(C)C(=O)c1ccccc1. The van der Waals surface area contributed by atoms with Crippen molar-refractivity contribution in [2.24, 2.45) is 0 Å². The van der Waals surface area contributed by atoms with E-state index in [4.69, 9.17) is 4.74 Å². The highest BCUT2D eigenvalue weighted by Gasteiger charge is 2.32. The lowest BCUT2D eigenvalue weighted by molar-refractivity contribution is -0.147. The van der Waals surface area contributed by atoms with E-state index < -0.39 is 11.6 Å². The number of ether oxygens (including phenoxy) is 1. The summed E-state index contributed by atoms with van der Waals surface area (Å²) in [6.07, 6.45) is 0. The van der Waals surface area contributed by atoms with Gasteiger partial charge in [0.05, 0.1) is 0 Å². The molecule has 0 unspecified atom stereocenters. The van der Waals surface area contributed by atoms with Crippen molar-refractivity contribution >= 4 is 11.8 Å². The standard InChI is InChI=1S/C14H16O3/c1-10(2)13(16)17-14(3,4)12(15)11-8-6-5-7-9-11/h5-9H,1H2,2-4H3. The van der Waals surface area contributed by atoms with E-state index >= 15 is 0 Å². The second-order valence-corrected chi connectivity index (χ2v) is 4.38. The summed E-state index contributed by atoms with van der Waals surface area (Å²) in [6.45, 7) is 8.18. The minimum Gasteiger partial charge on any atom is -0.448 e. The van der Waals surface area contributed by atoms with E-state index in [-0.39, 0.29) is 11.4 Å². The number of rotatable bonds is 4. The van der Waals surface area contributed by atoms with E-state index in [1.165, 1.54) is 0 Å². The molecule has 0 saturated carbocycles. The number of Topliss-reactive ketones (excluding diaryl/α,β-unsaturated/α-hetero) is 1.